The second kappa shape index (κ2) is 15.9. The highest BCUT2D eigenvalue weighted by Crippen LogP contribution is 2.46. The first-order valence-electron chi connectivity index (χ1n) is 19.8. The van der Waals surface area contributed by atoms with Crippen molar-refractivity contribution >= 4 is 55.5 Å². The van der Waals surface area contributed by atoms with Gasteiger partial charge in [0.2, 0.25) is 0 Å². The number of rotatable bonds is 8. The Kier molecular flexibility index (Phi) is 9.61. The normalized spacial score (nSPS) is 11.4. The van der Waals surface area contributed by atoms with Gasteiger partial charge in [0.05, 0.1) is 33.5 Å². The Labute approximate surface area is 357 Å². The smallest absolute Gasteiger partial charge is 0.358 e. The van der Waals surface area contributed by atoms with E-state index in [-0.39, 0.29) is 11.6 Å². The molecule has 1 N–H and O–H groups in total. The molecule has 0 fully saturated rings. The van der Waals surface area contributed by atoms with E-state index in [0.717, 1.165) is 49.3 Å². The topological polar surface area (TPSA) is 184 Å². The van der Waals surface area contributed by atoms with Crippen LogP contribution in [0.1, 0.15) is 16.7 Å². The molecule has 302 valence electrons. The van der Waals surface area contributed by atoms with Crippen molar-refractivity contribution in [3.63, 3.8) is 0 Å². The van der Waals surface area contributed by atoms with Crippen LogP contribution in [-0.2, 0) is 5.54 Å². The maximum Gasteiger partial charge on any atom is 0.372 e. The Bertz CT molecular complexity index is 3390. The maximum absolute atomic E-state index is 11.9. The lowest BCUT2D eigenvalue weighted by atomic mass is 9.76. The molecule has 0 spiro atoms. The molecule has 14 nitrogen and oxygen atoms in total. The second-order valence-corrected chi connectivity index (χ2v) is 14.5. The molecule has 11 rings (SSSR count). The van der Waals surface area contributed by atoms with Crippen LogP contribution in [-0.4, -0.2) is 49.3 Å². The van der Waals surface area contributed by atoms with Gasteiger partial charge in [-0.25, -0.2) is 9.97 Å². The predicted octanol–water partition coefficient (Wildman–Crippen LogP) is 10.5. The molecular formula is C49H32N10O4. The molecule has 0 radical (unpaired) electrons. The number of pyridine rings is 6. The van der Waals surface area contributed by atoms with E-state index in [2.05, 4.69) is 70.9 Å². The molecule has 0 aliphatic carbocycles. The molecule has 63 heavy (non-hydrogen) atoms. The Balaban J connectivity index is 0.000000180. The van der Waals surface area contributed by atoms with Crippen molar-refractivity contribution in [2.75, 3.05) is 0 Å². The fourth-order valence-corrected chi connectivity index (χ4v) is 8.40. The number of aromatic amines is 1. The van der Waals surface area contributed by atoms with Crippen LogP contribution < -0.4 is 0 Å². The summed E-state index contributed by atoms with van der Waals surface area (Å²) >= 11 is 0. The zero-order valence-corrected chi connectivity index (χ0v) is 33.1. The number of benzene rings is 3. The summed E-state index contributed by atoms with van der Waals surface area (Å²) in [5.74, 6) is -0.434. The lowest BCUT2D eigenvalue weighted by Crippen LogP contribution is -2.37. The third-order valence-electron chi connectivity index (χ3n) is 11.1. The summed E-state index contributed by atoms with van der Waals surface area (Å²) in [7, 11) is 0. The Morgan fingerprint density at radius 2 is 1.00 bits per heavy atom. The zero-order chi connectivity index (χ0) is 42.9. The van der Waals surface area contributed by atoms with E-state index in [1.54, 1.807) is 48.9 Å². The van der Waals surface area contributed by atoms with E-state index < -0.39 is 15.4 Å². The van der Waals surface area contributed by atoms with Crippen molar-refractivity contribution in [3.05, 3.63) is 226 Å². The minimum Gasteiger partial charge on any atom is -0.358 e. The first-order valence-corrected chi connectivity index (χ1v) is 19.8. The summed E-state index contributed by atoms with van der Waals surface area (Å²) in [6, 6.07) is 49.1. The third kappa shape index (κ3) is 6.55. The molecule has 0 atom stereocenters. The van der Waals surface area contributed by atoms with E-state index in [0.29, 0.717) is 33.8 Å². The molecule has 0 saturated carbocycles. The van der Waals surface area contributed by atoms with E-state index in [4.69, 9.17) is 4.98 Å². The summed E-state index contributed by atoms with van der Waals surface area (Å²) in [6.07, 6.45) is 9.93. The van der Waals surface area contributed by atoms with Crippen LogP contribution in [0.3, 0.4) is 0 Å². The highest BCUT2D eigenvalue weighted by Gasteiger charge is 2.41. The molecule has 0 aliphatic heterocycles. The fourth-order valence-electron chi connectivity index (χ4n) is 8.40. The lowest BCUT2D eigenvalue weighted by molar-refractivity contribution is -0.389. The predicted molar refractivity (Wildman–Crippen MR) is 241 cm³/mol. The van der Waals surface area contributed by atoms with Crippen LogP contribution in [0.4, 0.5) is 11.6 Å². The van der Waals surface area contributed by atoms with Gasteiger partial charge in [-0.2, -0.15) is 0 Å². The minimum absolute atomic E-state index is 0.202. The zero-order valence-electron chi connectivity index (χ0n) is 33.1. The SMILES string of the molecule is O=[N+]([O-])c1ncccc1-c1ccc2c(n1)[nH]c1ccncc12.O=[N+]([O-])c1ncccc1-c1ccc2c3cnccc3n(C(c3ccccc3)(c3ccccc3)c3ccccc3)c2n1. The van der Waals surface area contributed by atoms with Gasteiger partial charge in [-0.3, -0.25) is 9.97 Å². The van der Waals surface area contributed by atoms with Gasteiger partial charge in [-0.15, -0.1) is 0 Å². The number of hydrogen-bond acceptors (Lipinski definition) is 10. The van der Waals surface area contributed by atoms with Gasteiger partial charge in [-0.1, -0.05) is 91.0 Å². The fraction of sp³-hybridized carbons (Fsp3) is 0.0204. The van der Waals surface area contributed by atoms with E-state index in [1.807, 2.05) is 91.1 Å². The van der Waals surface area contributed by atoms with Gasteiger partial charge in [0.15, 0.2) is 0 Å². The summed E-state index contributed by atoms with van der Waals surface area (Å²) in [4.78, 5) is 51.3. The number of H-pyrrole nitrogens is 1. The van der Waals surface area contributed by atoms with Crippen LogP contribution in [0, 0.1) is 20.2 Å². The molecule has 0 amide bonds. The molecule has 0 aliphatic rings. The average Bonchev–Trinajstić information content (AvgIpc) is 3.88. The van der Waals surface area contributed by atoms with Gasteiger partial charge in [0, 0.05) is 46.3 Å². The first kappa shape index (κ1) is 38.2. The van der Waals surface area contributed by atoms with Gasteiger partial charge < -0.3 is 29.8 Å². The summed E-state index contributed by atoms with van der Waals surface area (Å²) in [5, 5.41) is 26.7. The summed E-state index contributed by atoms with van der Waals surface area (Å²) < 4.78 is 2.26. The highest BCUT2D eigenvalue weighted by atomic mass is 16.6. The number of nitrogens with one attached hydrogen (secondary N) is 1. The molecule has 11 aromatic rings. The van der Waals surface area contributed by atoms with Gasteiger partial charge in [0.1, 0.15) is 29.2 Å². The van der Waals surface area contributed by atoms with Crippen molar-refractivity contribution in [1.82, 2.24) is 39.5 Å². The quantitative estimate of drug-likeness (QED) is 0.0878. The number of aromatic nitrogens is 8. The highest BCUT2D eigenvalue weighted by molar-refractivity contribution is 6.08. The van der Waals surface area contributed by atoms with Crippen molar-refractivity contribution in [2.24, 2.45) is 0 Å². The summed E-state index contributed by atoms with van der Waals surface area (Å²) in [5.41, 5.74) is 7.26. The largest absolute Gasteiger partial charge is 0.372 e. The molecule has 14 heteroatoms. The van der Waals surface area contributed by atoms with Crippen molar-refractivity contribution in [1.29, 1.82) is 0 Å². The van der Waals surface area contributed by atoms with Crippen LogP contribution in [0.2, 0.25) is 0 Å². The number of fused-ring (bicyclic) bond motifs is 6. The molecule has 0 bridgehead atoms. The van der Waals surface area contributed by atoms with E-state index in [1.165, 1.54) is 12.4 Å². The third-order valence-corrected chi connectivity index (χ3v) is 11.1. The molecular weight excluding hydrogens is 793 g/mol. The van der Waals surface area contributed by atoms with Crippen molar-refractivity contribution < 1.29 is 9.85 Å². The van der Waals surface area contributed by atoms with Gasteiger partial charge in [-0.05, 0) is 97.2 Å². The number of hydrogen-bond donors (Lipinski definition) is 1. The summed E-state index contributed by atoms with van der Waals surface area (Å²) in [6.45, 7) is 0. The van der Waals surface area contributed by atoms with Gasteiger partial charge >= 0.3 is 11.6 Å². The van der Waals surface area contributed by atoms with Crippen molar-refractivity contribution in [3.8, 4) is 22.5 Å². The van der Waals surface area contributed by atoms with Crippen LogP contribution in [0.15, 0.2) is 189 Å². The molecule has 3 aromatic carbocycles. The minimum atomic E-state index is -0.836. The van der Waals surface area contributed by atoms with E-state index in [9.17, 15) is 20.2 Å². The Hall–Kier alpha value is -9.04. The van der Waals surface area contributed by atoms with Crippen LogP contribution in [0.5, 0.6) is 0 Å². The van der Waals surface area contributed by atoms with E-state index >= 15 is 0 Å². The van der Waals surface area contributed by atoms with Crippen molar-refractivity contribution in [2.45, 2.75) is 5.54 Å². The van der Waals surface area contributed by atoms with Gasteiger partial charge in [0.25, 0.3) is 0 Å². The van der Waals surface area contributed by atoms with Crippen LogP contribution in [0.25, 0.3) is 66.4 Å². The molecule has 8 heterocycles. The number of nitro groups is 2. The Morgan fingerprint density at radius 3 is 1.56 bits per heavy atom. The average molecular weight is 825 g/mol. The molecule has 0 unspecified atom stereocenters. The first-order chi connectivity index (χ1) is 30.9. The lowest BCUT2D eigenvalue weighted by Gasteiger charge is -2.38. The number of nitrogens with zero attached hydrogens (tertiary/aromatic N) is 9. The van der Waals surface area contributed by atoms with Crippen LogP contribution >= 0.6 is 0 Å². The molecule has 8 aromatic heterocycles. The Morgan fingerprint density at radius 1 is 0.492 bits per heavy atom. The maximum atomic E-state index is 11.9. The monoisotopic (exact) mass is 824 g/mol. The second-order valence-electron chi connectivity index (χ2n) is 14.5. The molecule has 0 saturated heterocycles. The standard InChI is InChI=1S/C34H23N5O2.C15H9N5O2/c40-39(41)32-28(17-10-21-36-32)30-19-18-27-29-23-35-22-20-31(29)38(33(27)37-30)34(24-11-4-1-5-12-24,25-13-6-2-7-14-25)26-15-8-3-9-16-26;21-20(22)15-10(2-1-6-17-15)12-4-3-9-11-8-16-7-5-13(11)19-14(9)18-12/h1-23H;1-8H,(H,18,19).